The molecule has 0 heterocycles. The number of benzene rings is 1. The quantitative estimate of drug-likeness (QED) is 0.692. The van der Waals surface area contributed by atoms with Crippen molar-refractivity contribution in [3.05, 3.63) is 35.4 Å². The van der Waals surface area contributed by atoms with Gasteiger partial charge in [-0.25, -0.2) is 4.79 Å². The molecule has 0 aliphatic heterocycles. The molecule has 0 aliphatic rings. The van der Waals surface area contributed by atoms with E-state index in [1.54, 1.807) is 31.2 Å². The van der Waals surface area contributed by atoms with Gasteiger partial charge in [0, 0.05) is 0 Å². The molecular formula is C9H10O3. The molecule has 0 spiro atoms. The van der Waals surface area contributed by atoms with Crippen LogP contribution < -0.4 is 0 Å². The average Bonchev–Trinajstić information content (AvgIpc) is 2.04. The van der Waals surface area contributed by atoms with Crippen LogP contribution in [0.1, 0.15) is 17.2 Å². The zero-order valence-corrected chi connectivity index (χ0v) is 6.69. The molecule has 0 unspecified atom stereocenters. The van der Waals surface area contributed by atoms with Crippen LogP contribution in [0.25, 0.3) is 0 Å². The Bertz CT molecular complexity index is 294. The standard InChI is InChI=1S/C9H10O3/c1-6-4-2-3-5-7(6)8(10)9(11)12/h2-5,8,10H,1H3,(H,11,12)/t8-/m1/s1. The lowest BCUT2D eigenvalue weighted by molar-refractivity contribution is -0.147. The molecule has 1 aromatic rings. The van der Waals surface area contributed by atoms with Crippen molar-refractivity contribution in [2.24, 2.45) is 0 Å². The second-order valence-corrected chi connectivity index (χ2v) is 2.60. The summed E-state index contributed by atoms with van der Waals surface area (Å²) in [4.78, 5) is 10.4. The van der Waals surface area contributed by atoms with Gasteiger partial charge in [-0.05, 0) is 18.1 Å². The minimum atomic E-state index is -1.41. The molecule has 0 bridgehead atoms. The fraction of sp³-hybridized carbons (Fsp3) is 0.222. The van der Waals surface area contributed by atoms with Crippen molar-refractivity contribution in [2.45, 2.75) is 13.0 Å². The number of aliphatic hydroxyl groups is 1. The summed E-state index contributed by atoms with van der Waals surface area (Å²) in [5, 5.41) is 17.7. The lowest BCUT2D eigenvalue weighted by atomic mass is 10.0. The highest BCUT2D eigenvalue weighted by atomic mass is 16.4. The maximum atomic E-state index is 10.4. The van der Waals surface area contributed by atoms with Crippen molar-refractivity contribution in [3.63, 3.8) is 0 Å². The summed E-state index contributed by atoms with van der Waals surface area (Å²) in [6.07, 6.45) is -1.41. The van der Waals surface area contributed by atoms with Gasteiger partial charge in [-0.3, -0.25) is 0 Å². The van der Waals surface area contributed by atoms with Crippen LogP contribution in [0.3, 0.4) is 0 Å². The van der Waals surface area contributed by atoms with Crippen molar-refractivity contribution in [2.75, 3.05) is 0 Å². The van der Waals surface area contributed by atoms with Crippen LogP contribution in [0.5, 0.6) is 0 Å². The molecule has 0 aliphatic carbocycles. The van der Waals surface area contributed by atoms with Crippen molar-refractivity contribution in [1.82, 2.24) is 0 Å². The number of hydrogen-bond acceptors (Lipinski definition) is 2. The van der Waals surface area contributed by atoms with E-state index < -0.39 is 12.1 Å². The number of carboxylic acid groups (broad SMARTS) is 1. The smallest absolute Gasteiger partial charge is 0.337 e. The fourth-order valence-electron chi connectivity index (χ4n) is 1.03. The number of aliphatic hydroxyl groups excluding tert-OH is 1. The van der Waals surface area contributed by atoms with Gasteiger partial charge in [0.05, 0.1) is 0 Å². The molecule has 1 atom stereocenters. The normalized spacial score (nSPS) is 12.5. The van der Waals surface area contributed by atoms with Crippen LogP contribution in [0.15, 0.2) is 24.3 Å². The number of carboxylic acids is 1. The van der Waals surface area contributed by atoms with Gasteiger partial charge in [0.1, 0.15) is 0 Å². The van der Waals surface area contributed by atoms with E-state index in [-0.39, 0.29) is 0 Å². The monoisotopic (exact) mass is 166 g/mol. The summed E-state index contributed by atoms with van der Waals surface area (Å²) >= 11 is 0. The maximum Gasteiger partial charge on any atom is 0.337 e. The summed E-state index contributed by atoms with van der Waals surface area (Å²) in [5.74, 6) is -1.22. The number of rotatable bonds is 2. The molecule has 0 aromatic heterocycles. The first-order valence-corrected chi connectivity index (χ1v) is 3.59. The van der Waals surface area contributed by atoms with E-state index in [0.717, 1.165) is 5.56 Å². The van der Waals surface area contributed by atoms with E-state index in [0.29, 0.717) is 5.56 Å². The van der Waals surface area contributed by atoms with Crippen LogP contribution in [-0.2, 0) is 4.79 Å². The summed E-state index contributed by atoms with van der Waals surface area (Å²) in [6, 6.07) is 6.87. The van der Waals surface area contributed by atoms with E-state index in [1.807, 2.05) is 0 Å². The van der Waals surface area contributed by atoms with Crippen LogP contribution >= 0.6 is 0 Å². The van der Waals surface area contributed by atoms with Gasteiger partial charge in [0.15, 0.2) is 6.10 Å². The Balaban J connectivity index is 3.02. The Kier molecular flexibility index (Phi) is 2.45. The van der Waals surface area contributed by atoms with Gasteiger partial charge < -0.3 is 10.2 Å². The average molecular weight is 166 g/mol. The van der Waals surface area contributed by atoms with Gasteiger partial charge in [0.25, 0.3) is 0 Å². The zero-order valence-electron chi connectivity index (χ0n) is 6.69. The predicted octanol–water partition coefficient (Wildman–Crippen LogP) is 1.11. The number of aryl methyl sites for hydroxylation is 1. The van der Waals surface area contributed by atoms with Crippen molar-refractivity contribution < 1.29 is 15.0 Å². The van der Waals surface area contributed by atoms with Gasteiger partial charge >= 0.3 is 5.97 Å². The number of aliphatic carboxylic acids is 1. The summed E-state index contributed by atoms with van der Waals surface area (Å²) in [6.45, 7) is 1.77. The van der Waals surface area contributed by atoms with Crippen LogP contribution in [0, 0.1) is 6.92 Å². The van der Waals surface area contributed by atoms with E-state index in [4.69, 9.17) is 5.11 Å². The molecule has 3 heteroatoms. The summed E-state index contributed by atoms with van der Waals surface area (Å²) in [7, 11) is 0. The van der Waals surface area contributed by atoms with Gasteiger partial charge in [0.2, 0.25) is 0 Å². The first kappa shape index (κ1) is 8.74. The molecule has 0 radical (unpaired) electrons. The molecule has 0 saturated heterocycles. The molecule has 64 valence electrons. The highest BCUT2D eigenvalue weighted by molar-refractivity contribution is 5.74. The molecule has 0 fully saturated rings. The van der Waals surface area contributed by atoms with Crippen LogP contribution in [0.4, 0.5) is 0 Å². The third kappa shape index (κ3) is 1.62. The lowest BCUT2D eigenvalue weighted by Crippen LogP contribution is -2.11. The Hall–Kier alpha value is -1.35. The molecule has 12 heavy (non-hydrogen) atoms. The Morgan fingerprint density at radius 3 is 2.50 bits per heavy atom. The Morgan fingerprint density at radius 1 is 1.42 bits per heavy atom. The Labute approximate surface area is 70.3 Å². The third-order valence-electron chi connectivity index (χ3n) is 1.72. The van der Waals surface area contributed by atoms with Crippen molar-refractivity contribution in [3.8, 4) is 0 Å². The first-order chi connectivity index (χ1) is 5.63. The second kappa shape index (κ2) is 3.36. The zero-order chi connectivity index (χ0) is 9.14. The minimum absolute atomic E-state index is 0.449. The number of carbonyl (C=O) groups is 1. The summed E-state index contributed by atoms with van der Waals surface area (Å²) < 4.78 is 0. The van der Waals surface area contributed by atoms with E-state index >= 15 is 0 Å². The highest BCUT2D eigenvalue weighted by Gasteiger charge is 2.16. The number of hydrogen-bond donors (Lipinski definition) is 2. The first-order valence-electron chi connectivity index (χ1n) is 3.59. The second-order valence-electron chi connectivity index (χ2n) is 2.60. The molecule has 0 amide bonds. The fourth-order valence-corrected chi connectivity index (χ4v) is 1.03. The van der Waals surface area contributed by atoms with E-state index in [9.17, 15) is 9.90 Å². The Morgan fingerprint density at radius 2 is 2.00 bits per heavy atom. The molecular weight excluding hydrogens is 156 g/mol. The van der Waals surface area contributed by atoms with Gasteiger partial charge in [-0.1, -0.05) is 24.3 Å². The SMILES string of the molecule is Cc1ccccc1[C@@H](O)C(=O)O. The molecule has 1 aromatic carbocycles. The van der Waals surface area contributed by atoms with Gasteiger partial charge in [-0.2, -0.15) is 0 Å². The minimum Gasteiger partial charge on any atom is -0.479 e. The van der Waals surface area contributed by atoms with Crippen LogP contribution in [-0.4, -0.2) is 16.2 Å². The lowest BCUT2D eigenvalue weighted by Gasteiger charge is -2.07. The largest absolute Gasteiger partial charge is 0.479 e. The summed E-state index contributed by atoms with van der Waals surface area (Å²) in [5.41, 5.74) is 1.23. The van der Waals surface area contributed by atoms with Crippen molar-refractivity contribution in [1.29, 1.82) is 0 Å². The predicted molar refractivity (Wildman–Crippen MR) is 43.8 cm³/mol. The topological polar surface area (TPSA) is 57.5 Å². The molecule has 0 saturated carbocycles. The van der Waals surface area contributed by atoms with E-state index in [1.165, 1.54) is 0 Å². The molecule has 3 nitrogen and oxygen atoms in total. The maximum absolute atomic E-state index is 10.4. The van der Waals surface area contributed by atoms with Gasteiger partial charge in [-0.15, -0.1) is 0 Å². The highest BCUT2D eigenvalue weighted by Crippen LogP contribution is 2.16. The third-order valence-corrected chi connectivity index (χ3v) is 1.72. The molecule has 1 rings (SSSR count). The van der Waals surface area contributed by atoms with Crippen LogP contribution in [0.2, 0.25) is 0 Å². The molecule has 2 N–H and O–H groups in total. The van der Waals surface area contributed by atoms with E-state index in [2.05, 4.69) is 0 Å². The van der Waals surface area contributed by atoms with Crippen molar-refractivity contribution >= 4 is 5.97 Å².